The summed E-state index contributed by atoms with van der Waals surface area (Å²) in [5.74, 6) is -1.48. The average Bonchev–Trinajstić information content (AvgIpc) is 2.58. The molecule has 3 rings (SSSR count). The van der Waals surface area contributed by atoms with E-state index in [2.05, 4.69) is 5.32 Å². The predicted octanol–water partition coefficient (Wildman–Crippen LogP) is 4.48. The van der Waals surface area contributed by atoms with Crippen molar-refractivity contribution in [3.63, 3.8) is 0 Å². The number of allylic oxidation sites excluding steroid dienone is 3. The van der Waals surface area contributed by atoms with E-state index in [0.29, 0.717) is 29.7 Å². The molecule has 0 unspecified atom stereocenters. The second-order valence-electron chi connectivity index (χ2n) is 8.04. The molecule has 1 N–H and O–H groups in total. The maximum Gasteiger partial charge on any atom is 0.416 e. The Kier molecular flexibility index (Phi) is 4.89. The highest BCUT2D eigenvalue weighted by molar-refractivity contribution is 6.04. The van der Waals surface area contributed by atoms with Crippen molar-refractivity contribution in [2.75, 3.05) is 7.11 Å². The minimum atomic E-state index is -4.46. The van der Waals surface area contributed by atoms with Crippen molar-refractivity contribution in [2.24, 2.45) is 5.41 Å². The molecule has 4 nitrogen and oxygen atoms in total. The van der Waals surface area contributed by atoms with Crippen molar-refractivity contribution in [1.29, 1.82) is 0 Å². The van der Waals surface area contributed by atoms with Crippen molar-refractivity contribution < 1.29 is 27.5 Å². The Bertz CT molecular complexity index is 892. The minimum Gasteiger partial charge on any atom is -0.466 e. The van der Waals surface area contributed by atoms with E-state index in [0.717, 1.165) is 17.8 Å². The minimum absolute atomic E-state index is 0.113. The lowest BCUT2D eigenvalue weighted by molar-refractivity contribution is -0.138. The highest BCUT2D eigenvalue weighted by Gasteiger charge is 2.43. The largest absolute Gasteiger partial charge is 0.466 e. The summed E-state index contributed by atoms with van der Waals surface area (Å²) in [6, 6.07) is 4.59. The smallest absolute Gasteiger partial charge is 0.416 e. The van der Waals surface area contributed by atoms with Crippen LogP contribution >= 0.6 is 0 Å². The first-order valence-electron chi connectivity index (χ1n) is 8.94. The van der Waals surface area contributed by atoms with Crippen LogP contribution in [0.5, 0.6) is 0 Å². The average molecular weight is 393 g/mol. The molecule has 1 aromatic rings. The van der Waals surface area contributed by atoms with Gasteiger partial charge in [0.25, 0.3) is 0 Å². The van der Waals surface area contributed by atoms with Gasteiger partial charge in [0, 0.05) is 29.3 Å². The number of hydrogen-bond donors (Lipinski definition) is 1. The Morgan fingerprint density at radius 3 is 2.32 bits per heavy atom. The van der Waals surface area contributed by atoms with Crippen molar-refractivity contribution in [2.45, 2.75) is 45.7 Å². The number of ketones is 1. The molecule has 1 heterocycles. The van der Waals surface area contributed by atoms with Crippen molar-refractivity contribution in [1.82, 2.24) is 5.32 Å². The standard InChI is InChI=1S/C21H22F3NO3/c1-11-16(19(27)28-4)17(12-5-7-13(8-6-12)21(22,23)24)18-14(25-11)9-20(2,3)10-15(18)26/h5-8,17,25H,9-10H2,1-4H3/t17-/m1/s1. The lowest BCUT2D eigenvalue weighted by Gasteiger charge is -2.39. The fourth-order valence-electron chi connectivity index (χ4n) is 4.01. The number of dihydropyridines is 1. The zero-order valence-corrected chi connectivity index (χ0v) is 16.2. The summed E-state index contributed by atoms with van der Waals surface area (Å²) in [6.45, 7) is 5.68. The first kappa shape index (κ1) is 20.2. The van der Waals surface area contributed by atoms with Gasteiger partial charge in [-0.15, -0.1) is 0 Å². The van der Waals surface area contributed by atoms with Crippen LogP contribution in [-0.4, -0.2) is 18.9 Å². The number of rotatable bonds is 2. The first-order chi connectivity index (χ1) is 12.9. The van der Waals surface area contributed by atoms with Crippen molar-refractivity contribution >= 4 is 11.8 Å². The Labute approximate surface area is 161 Å². The van der Waals surface area contributed by atoms with Gasteiger partial charge in [0.15, 0.2) is 5.78 Å². The molecule has 0 amide bonds. The monoisotopic (exact) mass is 393 g/mol. The molecule has 1 aliphatic carbocycles. The molecule has 0 saturated heterocycles. The van der Waals surface area contributed by atoms with Crippen LogP contribution in [0.1, 0.15) is 50.7 Å². The van der Waals surface area contributed by atoms with Gasteiger partial charge < -0.3 is 10.1 Å². The third-order valence-corrected chi connectivity index (χ3v) is 5.22. The van der Waals surface area contributed by atoms with Crippen LogP contribution in [0, 0.1) is 5.41 Å². The summed E-state index contributed by atoms with van der Waals surface area (Å²) >= 11 is 0. The zero-order chi connectivity index (χ0) is 20.9. The van der Waals surface area contributed by atoms with E-state index in [1.54, 1.807) is 6.92 Å². The van der Waals surface area contributed by atoms with E-state index in [-0.39, 0.29) is 16.8 Å². The number of ether oxygens (including phenoxy) is 1. The van der Waals surface area contributed by atoms with Crippen LogP contribution in [0.3, 0.4) is 0 Å². The highest BCUT2D eigenvalue weighted by atomic mass is 19.4. The Hall–Kier alpha value is -2.57. The summed E-state index contributed by atoms with van der Waals surface area (Å²) < 4.78 is 43.7. The first-order valence-corrected chi connectivity index (χ1v) is 8.94. The van der Waals surface area contributed by atoms with Gasteiger partial charge in [-0.3, -0.25) is 4.79 Å². The van der Waals surface area contributed by atoms with Crippen molar-refractivity contribution in [3.05, 3.63) is 57.9 Å². The molecule has 0 fully saturated rings. The number of benzene rings is 1. The second kappa shape index (κ2) is 6.79. The molecule has 0 radical (unpaired) electrons. The summed E-state index contributed by atoms with van der Waals surface area (Å²) in [5, 5.41) is 3.16. The fraction of sp³-hybridized carbons (Fsp3) is 0.429. The maximum atomic E-state index is 13.0. The van der Waals surface area contributed by atoms with E-state index in [9.17, 15) is 22.8 Å². The number of methoxy groups -OCH3 is 1. The highest BCUT2D eigenvalue weighted by Crippen LogP contribution is 2.47. The van der Waals surface area contributed by atoms with Gasteiger partial charge in [0.1, 0.15) is 0 Å². The Balaban J connectivity index is 2.16. The molecule has 2 aliphatic rings. The van der Waals surface area contributed by atoms with Crippen LogP contribution in [0.15, 0.2) is 46.8 Å². The summed E-state index contributed by atoms with van der Waals surface area (Å²) in [5.41, 5.74) is 1.37. The van der Waals surface area contributed by atoms with E-state index >= 15 is 0 Å². The molecule has 7 heteroatoms. The number of alkyl halides is 3. The Morgan fingerprint density at radius 1 is 1.18 bits per heavy atom. The SMILES string of the molecule is COC(=O)C1=C(C)NC2=C(C(=O)CC(C)(C)C2)[C@@H]1c1ccc(C(F)(F)F)cc1. The Morgan fingerprint density at radius 2 is 1.79 bits per heavy atom. The number of hydrogen-bond acceptors (Lipinski definition) is 4. The summed E-state index contributed by atoms with van der Waals surface area (Å²) in [7, 11) is 1.24. The lowest BCUT2D eigenvalue weighted by atomic mass is 9.68. The molecule has 1 atom stereocenters. The number of carbonyl (C=O) groups is 2. The van der Waals surface area contributed by atoms with Crippen LogP contribution in [0.2, 0.25) is 0 Å². The quantitative estimate of drug-likeness (QED) is 0.753. The van der Waals surface area contributed by atoms with Gasteiger partial charge in [0.05, 0.1) is 18.2 Å². The molecule has 0 aromatic heterocycles. The number of nitrogens with one attached hydrogen (secondary N) is 1. The topological polar surface area (TPSA) is 55.4 Å². The van der Waals surface area contributed by atoms with Crippen molar-refractivity contribution in [3.8, 4) is 0 Å². The molecule has 28 heavy (non-hydrogen) atoms. The molecule has 0 saturated carbocycles. The predicted molar refractivity (Wildman–Crippen MR) is 97.1 cm³/mol. The van der Waals surface area contributed by atoms with E-state index in [4.69, 9.17) is 4.74 Å². The third-order valence-electron chi connectivity index (χ3n) is 5.22. The van der Waals surface area contributed by atoms with E-state index in [1.807, 2.05) is 13.8 Å². The van der Waals surface area contributed by atoms with Crippen LogP contribution in [-0.2, 0) is 20.5 Å². The van der Waals surface area contributed by atoms with Gasteiger partial charge >= 0.3 is 12.1 Å². The van der Waals surface area contributed by atoms with E-state index < -0.39 is 23.6 Å². The molecule has 0 bridgehead atoms. The van der Waals surface area contributed by atoms with Crippen LogP contribution in [0.4, 0.5) is 13.2 Å². The van der Waals surface area contributed by atoms with Gasteiger partial charge in [-0.05, 0) is 36.5 Å². The zero-order valence-electron chi connectivity index (χ0n) is 16.2. The number of carbonyl (C=O) groups excluding carboxylic acids is 2. The summed E-state index contributed by atoms with van der Waals surface area (Å²) in [6.07, 6.45) is -3.55. The lowest BCUT2D eigenvalue weighted by Crippen LogP contribution is -2.38. The molecular formula is C21H22F3NO3. The van der Waals surface area contributed by atoms with Gasteiger partial charge in [0.2, 0.25) is 0 Å². The number of esters is 1. The van der Waals surface area contributed by atoms with E-state index in [1.165, 1.54) is 19.2 Å². The van der Waals surface area contributed by atoms with Crippen LogP contribution in [0.25, 0.3) is 0 Å². The molecule has 0 spiro atoms. The normalized spacial score (nSPS) is 22.0. The number of halogens is 3. The molecule has 1 aliphatic heterocycles. The van der Waals surface area contributed by atoms with Gasteiger partial charge in [-0.2, -0.15) is 13.2 Å². The second-order valence-corrected chi connectivity index (χ2v) is 8.04. The molecular weight excluding hydrogens is 371 g/mol. The maximum absolute atomic E-state index is 13.0. The summed E-state index contributed by atoms with van der Waals surface area (Å²) in [4.78, 5) is 25.4. The number of Topliss-reactive ketones (excluding diaryl/α,β-unsaturated/α-hetero) is 1. The van der Waals surface area contributed by atoms with Gasteiger partial charge in [-0.25, -0.2) is 4.79 Å². The molecule has 150 valence electrons. The van der Waals surface area contributed by atoms with Gasteiger partial charge in [-0.1, -0.05) is 26.0 Å². The molecule has 1 aromatic carbocycles. The third kappa shape index (κ3) is 3.57. The van der Waals surface area contributed by atoms with Crippen LogP contribution < -0.4 is 5.32 Å². The fourth-order valence-corrected chi connectivity index (χ4v) is 4.01.